The second kappa shape index (κ2) is 7.71. The molecule has 0 bridgehead atoms. The van der Waals surface area contributed by atoms with E-state index in [-0.39, 0.29) is 5.78 Å². The number of aromatic nitrogens is 1. The van der Waals surface area contributed by atoms with Crippen molar-refractivity contribution in [3.05, 3.63) is 44.3 Å². The molecule has 0 radical (unpaired) electrons. The maximum absolute atomic E-state index is 11.8. The van der Waals surface area contributed by atoms with Crippen LogP contribution in [0.25, 0.3) is 0 Å². The smallest absolute Gasteiger partial charge is 0.139 e. The Bertz CT molecular complexity index is 624. The minimum Gasteiger partial charge on any atom is -0.494 e. The summed E-state index contributed by atoms with van der Waals surface area (Å²) in [6, 6.07) is 5.89. The Morgan fingerprint density at radius 2 is 2.19 bits per heavy atom. The zero-order valence-electron chi connectivity index (χ0n) is 12.2. The number of ketones is 1. The van der Waals surface area contributed by atoms with Gasteiger partial charge in [0.1, 0.15) is 16.5 Å². The lowest BCUT2D eigenvalue weighted by atomic mass is 10.2. The van der Waals surface area contributed by atoms with Crippen molar-refractivity contribution in [1.29, 1.82) is 0 Å². The summed E-state index contributed by atoms with van der Waals surface area (Å²) in [7, 11) is 0. The van der Waals surface area contributed by atoms with E-state index in [9.17, 15) is 4.79 Å². The van der Waals surface area contributed by atoms with E-state index in [0.29, 0.717) is 19.4 Å². The summed E-state index contributed by atoms with van der Waals surface area (Å²) in [5.74, 6) is 1.07. The van der Waals surface area contributed by atoms with Gasteiger partial charge >= 0.3 is 0 Å². The van der Waals surface area contributed by atoms with Crippen molar-refractivity contribution in [3.63, 3.8) is 0 Å². The van der Waals surface area contributed by atoms with Gasteiger partial charge in [-0.05, 0) is 44.0 Å². The molecule has 0 amide bonds. The second-order valence-electron chi connectivity index (χ2n) is 4.94. The predicted molar refractivity (Wildman–Crippen MR) is 89.2 cm³/mol. The van der Waals surface area contributed by atoms with Gasteiger partial charge in [-0.3, -0.25) is 4.79 Å². The summed E-state index contributed by atoms with van der Waals surface area (Å²) in [6.07, 6.45) is 3.52. The molecule has 0 atom stereocenters. The van der Waals surface area contributed by atoms with Crippen molar-refractivity contribution in [2.45, 2.75) is 33.1 Å². The molecule has 1 heterocycles. The normalized spacial score (nSPS) is 10.6. The number of aryl methyl sites for hydroxylation is 2. The first kappa shape index (κ1) is 16.2. The number of nitrogens with zero attached hydrogens (tertiary/aromatic N) is 1. The van der Waals surface area contributed by atoms with Crippen LogP contribution in [-0.2, 0) is 11.2 Å². The fourth-order valence-electron chi connectivity index (χ4n) is 1.91. The van der Waals surface area contributed by atoms with Crippen LogP contribution in [-0.4, -0.2) is 17.4 Å². The number of benzene rings is 1. The van der Waals surface area contributed by atoms with E-state index in [0.717, 1.165) is 32.1 Å². The van der Waals surface area contributed by atoms with Crippen LogP contribution in [0.1, 0.15) is 28.3 Å². The number of hydrogen-bond acceptors (Lipinski definition) is 4. The van der Waals surface area contributed by atoms with Gasteiger partial charge in [0.15, 0.2) is 0 Å². The monoisotopic (exact) mass is 367 g/mol. The Kier molecular flexibility index (Phi) is 5.94. The van der Waals surface area contributed by atoms with E-state index in [1.807, 2.05) is 38.2 Å². The maximum Gasteiger partial charge on any atom is 0.139 e. The fraction of sp³-hybridized carbons (Fsp3) is 0.375. The summed E-state index contributed by atoms with van der Waals surface area (Å²) in [4.78, 5) is 17.2. The van der Waals surface area contributed by atoms with Crippen molar-refractivity contribution in [2.24, 2.45) is 0 Å². The highest BCUT2D eigenvalue weighted by Gasteiger charge is 2.07. The number of carbonyl (C=O) groups is 1. The van der Waals surface area contributed by atoms with E-state index in [1.54, 1.807) is 11.3 Å². The highest BCUT2D eigenvalue weighted by molar-refractivity contribution is 9.10. The van der Waals surface area contributed by atoms with Crippen LogP contribution in [0.15, 0.2) is 28.9 Å². The largest absolute Gasteiger partial charge is 0.494 e. The highest BCUT2D eigenvalue weighted by Crippen LogP contribution is 2.21. The molecule has 0 spiro atoms. The van der Waals surface area contributed by atoms with E-state index in [2.05, 4.69) is 20.9 Å². The molecule has 1 aromatic heterocycles. The van der Waals surface area contributed by atoms with Gasteiger partial charge in [0.2, 0.25) is 0 Å². The van der Waals surface area contributed by atoms with Crippen LogP contribution in [0.2, 0.25) is 0 Å². The molecule has 0 aliphatic heterocycles. The van der Waals surface area contributed by atoms with E-state index >= 15 is 0 Å². The van der Waals surface area contributed by atoms with Gasteiger partial charge in [-0.2, -0.15) is 0 Å². The topological polar surface area (TPSA) is 39.2 Å². The number of carbonyl (C=O) groups excluding carboxylic acids is 1. The van der Waals surface area contributed by atoms with Gasteiger partial charge in [0.05, 0.1) is 13.0 Å². The fourth-order valence-corrected chi connectivity index (χ4v) is 2.97. The molecule has 1 aromatic carbocycles. The number of hydrogen-bond donors (Lipinski definition) is 0. The minimum absolute atomic E-state index is 0.222. The van der Waals surface area contributed by atoms with Gasteiger partial charge in [0, 0.05) is 22.0 Å². The Labute approximate surface area is 137 Å². The van der Waals surface area contributed by atoms with Gasteiger partial charge in [-0.1, -0.05) is 15.9 Å². The Morgan fingerprint density at radius 1 is 1.38 bits per heavy atom. The molecule has 5 heteroatoms. The summed E-state index contributed by atoms with van der Waals surface area (Å²) in [5.41, 5.74) is 1.14. The van der Waals surface area contributed by atoms with Crippen molar-refractivity contribution >= 4 is 33.0 Å². The van der Waals surface area contributed by atoms with Gasteiger partial charge < -0.3 is 4.74 Å². The lowest BCUT2D eigenvalue weighted by Crippen LogP contribution is -2.06. The third-order valence-electron chi connectivity index (χ3n) is 3.02. The standard InChI is InChI=1S/C16H18BrNO2S/c1-11-8-14(5-6-15(11)17)20-7-3-4-13(19)9-16-18-10-12(2)21-16/h5-6,8,10H,3-4,7,9H2,1-2H3. The first-order chi connectivity index (χ1) is 10.0. The molecule has 0 unspecified atom stereocenters. The molecule has 0 saturated heterocycles. The van der Waals surface area contributed by atoms with Crippen LogP contribution < -0.4 is 4.74 Å². The third kappa shape index (κ3) is 5.25. The minimum atomic E-state index is 0.222. The first-order valence-corrected chi connectivity index (χ1v) is 8.47. The van der Waals surface area contributed by atoms with E-state index < -0.39 is 0 Å². The predicted octanol–water partition coefficient (Wildman–Crippen LogP) is 4.49. The van der Waals surface area contributed by atoms with Crippen LogP contribution in [0.5, 0.6) is 5.75 Å². The number of rotatable bonds is 7. The number of halogens is 1. The molecule has 0 fully saturated rings. The first-order valence-electron chi connectivity index (χ1n) is 6.86. The second-order valence-corrected chi connectivity index (χ2v) is 7.12. The SMILES string of the molecule is Cc1cnc(CC(=O)CCCOc2ccc(Br)c(C)c2)s1. The summed E-state index contributed by atoms with van der Waals surface area (Å²) in [6.45, 7) is 4.58. The molecular weight excluding hydrogens is 350 g/mol. The Balaban J connectivity index is 1.69. The average Bonchev–Trinajstić information content (AvgIpc) is 2.84. The number of Topliss-reactive ketones (excluding diaryl/α,β-unsaturated/α-hetero) is 1. The zero-order valence-corrected chi connectivity index (χ0v) is 14.6. The van der Waals surface area contributed by atoms with Crippen LogP contribution >= 0.6 is 27.3 Å². The summed E-state index contributed by atoms with van der Waals surface area (Å²) >= 11 is 5.05. The molecule has 0 N–H and O–H groups in total. The number of ether oxygens (including phenoxy) is 1. The molecule has 2 rings (SSSR count). The van der Waals surface area contributed by atoms with E-state index in [1.165, 1.54) is 0 Å². The van der Waals surface area contributed by atoms with Crippen molar-refractivity contribution < 1.29 is 9.53 Å². The lowest BCUT2D eigenvalue weighted by molar-refractivity contribution is -0.118. The molecule has 0 aliphatic carbocycles. The molecule has 21 heavy (non-hydrogen) atoms. The third-order valence-corrected chi connectivity index (χ3v) is 4.82. The van der Waals surface area contributed by atoms with E-state index in [4.69, 9.17) is 4.74 Å². The highest BCUT2D eigenvalue weighted by atomic mass is 79.9. The average molecular weight is 368 g/mol. The molecular formula is C16H18BrNO2S. The van der Waals surface area contributed by atoms with Gasteiger partial charge in [-0.15, -0.1) is 11.3 Å². The molecule has 112 valence electrons. The van der Waals surface area contributed by atoms with Crippen LogP contribution in [0.4, 0.5) is 0 Å². The molecule has 0 saturated carbocycles. The molecule has 2 aromatic rings. The Hall–Kier alpha value is -1.20. The van der Waals surface area contributed by atoms with Crippen LogP contribution in [0.3, 0.4) is 0 Å². The van der Waals surface area contributed by atoms with Crippen molar-refractivity contribution in [1.82, 2.24) is 4.98 Å². The summed E-state index contributed by atoms with van der Waals surface area (Å²) < 4.78 is 6.73. The Morgan fingerprint density at radius 3 is 2.86 bits per heavy atom. The van der Waals surface area contributed by atoms with Crippen LogP contribution in [0, 0.1) is 13.8 Å². The lowest BCUT2D eigenvalue weighted by Gasteiger charge is -2.07. The molecule has 0 aliphatic rings. The van der Waals surface area contributed by atoms with Gasteiger partial charge in [0.25, 0.3) is 0 Å². The molecule has 3 nitrogen and oxygen atoms in total. The van der Waals surface area contributed by atoms with Crippen molar-refractivity contribution in [2.75, 3.05) is 6.61 Å². The summed E-state index contributed by atoms with van der Waals surface area (Å²) in [5, 5.41) is 0.905. The van der Waals surface area contributed by atoms with Crippen molar-refractivity contribution in [3.8, 4) is 5.75 Å². The maximum atomic E-state index is 11.8. The zero-order chi connectivity index (χ0) is 15.2. The van der Waals surface area contributed by atoms with Gasteiger partial charge in [-0.25, -0.2) is 4.98 Å². The number of thiazole rings is 1. The quantitative estimate of drug-likeness (QED) is 0.676.